The first-order chi connectivity index (χ1) is 32.2. The van der Waals surface area contributed by atoms with Crippen molar-refractivity contribution in [3.63, 3.8) is 0 Å². The van der Waals surface area contributed by atoms with Crippen LogP contribution in [0.5, 0.6) is 0 Å². The summed E-state index contributed by atoms with van der Waals surface area (Å²) in [4.78, 5) is 20.3. The zero-order valence-electron chi connectivity index (χ0n) is 35.8. The summed E-state index contributed by atoms with van der Waals surface area (Å²) in [5.74, 6) is 0. The lowest BCUT2D eigenvalue weighted by atomic mass is 9.90. The lowest BCUT2D eigenvalue weighted by Gasteiger charge is -2.15. The largest absolute Gasteiger partial charge is 0.292 e. The van der Waals surface area contributed by atoms with Gasteiger partial charge in [0.2, 0.25) is 0 Å². The quantitative estimate of drug-likeness (QED) is 0.129. The average Bonchev–Trinajstić information content (AvgIpc) is 3.76. The minimum Gasteiger partial charge on any atom is -0.292 e. The predicted octanol–water partition coefficient (Wildman–Crippen LogP) is 14.4. The van der Waals surface area contributed by atoms with Crippen LogP contribution in [0.25, 0.3) is 94.0 Å². The van der Waals surface area contributed by atoms with E-state index in [1.165, 1.54) is 44.2 Å². The van der Waals surface area contributed by atoms with Crippen LogP contribution >= 0.6 is 0 Å². The fraction of sp³-hybridized carbons (Fsp3) is 0.0667. The monoisotopic (exact) mass is 833 g/mol. The Hall–Kier alpha value is -8.28. The maximum absolute atomic E-state index is 5.33. The molecule has 5 nitrogen and oxygen atoms in total. The Morgan fingerprint density at radius 1 is 0.354 bits per heavy atom. The number of pyridine rings is 4. The molecule has 0 spiro atoms. The van der Waals surface area contributed by atoms with Gasteiger partial charge in [-0.25, -0.2) is 4.98 Å². The number of aromatic nitrogens is 5. The summed E-state index contributed by atoms with van der Waals surface area (Å²) in [7, 11) is 0. The van der Waals surface area contributed by atoms with Gasteiger partial charge in [0.05, 0.1) is 33.5 Å². The Labute approximate surface area is 377 Å². The third-order valence-electron chi connectivity index (χ3n) is 12.8. The third-order valence-corrected chi connectivity index (χ3v) is 12.8. The van der Waals surface area contributed by atoms with E-state index in [0.29, 0.717) is 0 Å². The first-order valence-electron chi connectivity index (χ1n) is 22.4. The van der Waals surface area contributed by atoms with Crippen LogP contribution in [0, 0.1) is 0 Å². The number of aryl methyl sites for hydroxylation is 4. The molecule has 0 amide bonds. The summed E-state index contributed by atoms with van der Waals surface area (Å²) in [6, 6.07) is 69.3. The van der Waals surface area contributed by atoms with Crippen molar-refractivity contribution < 1.29 is 0 Å². The average molecular weight is 834 g/mol. The van der Waals surface area contributed by atoms with Crippen LogP contribution in [-0.4, -0.2) is 24.3 Å². The number of para-hydroxylation sites is 1. The van der Waals surface area contributed by atoms with Gasteiger partial charge in [0.25, 0.3) is 0 Å². The number of rotatable bonds is 10. The predicted molar refractivity (Wildman–Crippen MR) is 268 cm³/mol. The van der Waals surface area contributed by atoms with E-state index in [-0.39, 0.29) is 0 Å². The molecule has 0 aliphatic heterocycles. The second-order valence-electron chi connectivity index (χ2n) is 17.0. The fourth-order valence-corrected chi connectivity index (χ4v) is 9.53. The van der Waals surface area contributed by atoms with Crippen molar-refractivity contribution in [2.24, 2.45) is 0 Å². The van der Waals surface area contributed by atoms with Crippen molar-refractivity contribution in [2.45, 2.75) is 25.7 Å². The molecular weight excluding hydrogens is 791 g/mol. The van der Waals surface area contributed by atoms with Gasteiger partial charge >= 0.3 is 0 Å². The molecule has 0 aliphatic carbocycles. The minimum absolute atomic E-state index is 0.893. The lowest BCUT2D eigenvalue weighted by molar-refractivity contribution is 0.923. The van der Waals surface area contributed by atoms with Crippen molar-refractivity contribution in [3.8, 4) is 44.8 Å². The van der Waals surface area contributed by atoms with Crippen LogP contribution in [0.2, 0.25) is 0 Å². The highest BCUT2D eigenvalue weighted by Gasteiger charge is 2.18. The molecule has 0 atom stereocenters. The van der Waals surface area contributed by atoms with E-state index < -0.39 is 0 Å². The maximum Gasteiger partial charge on any atom is 0.147 e. The van der Waals surface area contributed by atoms with Crippen molar-refractivity contribution in [1.82, 2.24) is 24.3 Å². The van der Waals surface area contributed by atoms with Crippen LogP contribution in [0.4, 0.5) is 0 Å². The zero-order valence-corrected chi connectivity index (χ0v) is 35.8. The van der Waals surface area contributed by atoms with Gasteiger partial charge in [-0.15, -0.1) is 0 Å². The molecule has 5 aromatic heterocycles. The lowest BCUT2D eigenvalue weighted by Crippen LogP contribution is -1.99. The highest BCUT2D eigenvalue weighted by atomic mass is 15.0. The molecule has 12 rings (SSSR count). The highest BCUT2D eigenvalue weighted by molar-refractivity contribution is 6.13. The first-order valence-corrected chi connectivity index (χ1v) is 22.4. The van der Waals surface area contributed by atoms with Gasteiger partial charge in [0.1, 0.15) is 5.65 Å². The molecule has 0 unspecified atom stereocenters. The second kappa shape index (κ2) is 16.4. The molecule has 65 heavy (non-hydrogen) atoms. The molecule has 0 fully saturated rings. The number of imidazole rings is 1. The Balaban J connectivity index is 0.932. The van der Waals surface area contributed by atoms with Crippen LogP contribution in [0.3, 0.4) is 0 Å². The van der Waals surface area contributed by atoms with E-state index in [2.05, 4.69) is 186 Å². The van der Waals surface area contributed by atoms with Crippen molar-refractivity contribution in [2.75, 3.05) is 0 Å². The Morgan fingerprint density at radius 2 is 0.908 bits per heavy atom. The van der Waals surface area contributed by atoms with E-state index >= 15 is 0 Å². The van der Waals surface area contributed by atoms with Gasteiger partial charge in [-0.05, 0) is 112 Å². The standard InChI is InChI=1S/C60H43N5/c1-3-13-44(14-4-1)54-29-27-40(37-61-54)23-25-42-31-43(26-24-41-28-30-55(62-38-41)45-15-5-2-6-16-45)33-48(32-42)50-19-9-10-20-51(50)49-34-53-59(63-39-49)52-21-11-12-22-57(52)65-58-36-47-18-8-7-17-46(47)35-56(58)64-60(53)65/h1-22,27-39H,23-26H2. The minimum atomic E-state index is 0.893. The van der Waals surface area contributed by atoms with Gasteiger partial charge in [0.15, 0.2) is 0 Å². The van der Waals surface area contributed by atoms with E-state index in [4.69, 9.17) is 19.9 Å². The van der Waals surface area contributed by atoms with Crippen molar-refractivity contribution in [3.05, 3.63) is 235 Å². The van der Waals surface area contributed by atoms with Crippen LogP contribution < -0.4 is 0 Å². The summed E-state index contributed by atoms with van der Waals surface area (Å²) in [6.07, 6.45) is 9.69. The van der Waals surface area contributed by atoms with Gasteiger partial charge in [-0.3, -0.25) is 19.4 Å². The molecule has 0 saturated carbocycles. The molecule has 308 valence electrons. The third kappa shape index (κ3) is 7.37. The normalized spacial score (nSPS) is 11.6. The van der Waals surface area contributed by atoms with Gasteiger partial charge in [-0.2, -0.15) is 0 Å². The summed E-state index contributed by atoms with van der Waals surface area (Å²) in [6.45, 7) is 0. The van der Waals surface area contributed by atoms with E-state index in [1.54, 1.807) is 0 Å². The number of hydrogen-bond acceptors (Lipinski definition) is 4. The summed E-state index contributed by atoms with van der Waals surface area (Å²) in [5, 5.41) is 4.52. The van der Waals surface area contributed by atoms with E-state index in [9.17, 15) is 0 Å². The van der Waals surface area contributed by atoms with E-state index in [0.717, 1.165) is 97.8 Å². The molecule has 7 aromatic carbocycles. The number of fused-ring (bicyclic) bond motifs is 9. The van der Waals surface area contributed by atoms with Crippen molar-refractivity contribution in [1.29, 1.82) is 0 Å². The fourth-order valence-electron chi connectivity index (χ4n) is 9.53. The zero-order chi connectivity index (χ0) is 43.1. The molecule has 0 bridgehead atoms. The summed E-state index contributed by atoms with van der Waals surface area (Å²) < 4.78 is 2.32. The van der Waals surface area contributed by atoms with Crippen molar-refractivity contribution >= 4 is 49.3 Å². The Kier molecular flexibility index (Phi) is 9.72. The topological polar surface area (TPSA) is 56.0 Å². The molecule has 12 aromatic rings. The SMILES string of the molecule is c1ccc(-c2ccc(CCc3cc(CCc4ccc(-c5ccccc5)nc4)cc(-c4ccccc4-c4cnc5c6ccccc6n6c7cc8ccccc8cc7nc6c5c4)c3)cn2)cc1. The van der Waals surface area contributed by atoms with Crippen LogP contribution in [0.15, 0.2) is 213 Å². The number of hydrogen-bond donors (Lipinski definition) is 0. The Bertz CT molecular complexity index is 3580. The maximum atomic E-state index is 5.33. The number of nitrogens with zero attached hydrogens (tertiary/aromatic N) is 5. The van der Waals surface area contributed by atoms with Gasteiger partial charge < -0.3 is 0 Å². The molecule has 0 radical (unpaired) electrons. The Morgan fingerprint density at radius 3 is 1.54 bits per heavy atom. The van der Waals surface area contributed by atoms with Gasteiger partial charge in [0, 0.05) is 46.1 Å². The van der Waals surface area contributed by atoms with Gasteiger partial charge in [-0.1, -0.05) is 158 Å². The summed E-state index contributed by atoms with van der Waals surface area (Å²) >= 11 is 0. The second-order valence-corrected chi connectivity index (χ2v) is 17.0. The van der Waals surface area contributed by atoms with Crippen LogP contribution in [-0.2, 0) is 25.7 Å². The summed E-state index contributed by atoms with van der Waals surface area (Å²) in [5.41, 5.74) is 18.9. The highest BCUT2D eigenvalue weighted by Crippen LogP contribution is 2.38. The van der Waals surface area contributed by atoms with Crippen LogP contribution in [0.1, 0.15) is 22.3 Å². The first kappa shape index (κ1) is 38.4. The smallest absolute Gasteiger partial charge is 0.147 e. The van der Waals surface area contributed by atoms with E-state index in [1.807, 2.05) is 30.7 Å². The number of benzene rings is 7. The molecule has 5 heterocycles. The molecule has 0 saturated heterocycles. The molecular formula is C60H43N5. The molecule has 5 heteroatoms. The molecule has 0 aliphatic rings. The molecule has 0 N–H and O–H groups in total.